The number of nitrogens with zero attached hydrogens (tertiary/aromatic N) is 2. The largest absolute Gasteiger partial charge is 0.479 e. The van der Waals surface area contributed by atoms with Crippen LogP contribution in [-0.4, -0.2) is 27.2 Å². The van der Waals surface area contributed by atoms with Crippen LogP contribution < -0.4 is 10.3 Å². The van der Waals surface area contributed by atoms with Crippen molar-refractivity contribution in [3.05, 3.63) is 75.8 Å². The van der Waals surface area contributed by atoms with Crippen LogP contribution in [0, 0.1) is 6.92 Å². The van der Waals surface area contributed by atoms with Gasteiger partial charge in [-0.25, -0.2) is 9.78 Å². The van der Waals surface area contributed by atoms with E-state index in [1.807, 2.05) is 13.0 Å². The molecule has 1 aromatic carbocycles. The molecule has 0 amide bonds. The molecule has 7 heteroatoms. The van der Waals surface area contributed by atoms with Gasteiger partial charge in [0.25, 0.3) is 5.56 Å². The minimum absolute atomic E-state index is 0.0482. The van der Waals surface area contributed by atoms with Crippen LogP contribution in [0.1, 0.15) is 35.5 Å². The number of ether oxygens (including phenoxy) is 2. The summed E-state index contributed by atoms with van der Waals surface area (Å²) in [4.78, 5) is 40.0. The number of pyridine rings is 1. The first kappa shape index (κ1) is 19.3. The Balaban J connectivity index is 1.63. The molecule has 144 valence electrons. The molecule has 0 aliphatic heterocycles. The van der Waals surface area contributed by atoms with Crippen molar-refractivity contribution in [2.45, 2.75) is 33.5 Å². The lowest BCUT2D eigenvalue weighted by atomic mass is 10.1. The maximum Gasteiger partial charge on any atom is 0.347 e. The molecule has 0 saturated heterocycles. The average Bonchev–Trinajstić information content (AvgIpc) is 2.67. The van der Waals surface area contributed by atoms with Crippen molar-refractivity contribution in [3.63, 3.8) is 0 Å². The molecule has 0 saturated carbocycles. The highest BCUT2D eigenvalue weighted by molar-refractivity contribution is 5.94. The molecule has 3 rings (SSSR count). The van der Waals surface area contributed by atoms with Crippen LogP contribution >= 0.6 is 0 Å². The van der Waals surface area contributed by atoms with E-state index >= 15 is 0 Å². The van der Waals surface area contributed by atoms with Gasteiger partial charge in [0, 0.05) is 17.8 Å². The van der Waals surface area contributed by atoms with Crippen molar-refractivity contribution in [1.82, 2.24) is 9.38 Å². The lowest BCUT2D eigenvalue weighted by Crippen LogP contribution is -2.26. The number of aryl methyl sites for hydroxylation is 1. The van der Waals surface area contributed by atoms with E-state index in [1.54, 1.807) is 43.5 Å². The summed E-state index contributed by atoms with van der Waals surface area (Å²) in [6.07, 6.45) is 0.848. The second-order valence-electron chi connectivity index (χ2n) is 6.47. The molecular weight excluding hydrogens is 360 g/mol. The van der Waals surface area contributed by atoms with Gasteiger partial charge in [0.05, 0.1) is 5.69 Å². The fraction of sp³-hybridized carbons (Fsp3) is 0.238. The molecule has 7 nitrogen and oxygen atoms in total. The molecule has 0 N–H and O–H groups in total. The van der Waals surface area contributed by atoms with Gasteiger partial charge in [-0.2, -0.15) is 0 Å². The van der Waals surface area contributed by atoms with Gasteiger partial charge < -0.3 is 9.47 Å². The van der Waals surface area contributed by atoms with Crippen molar-refractivity contribution >= 4 is 17.4 Å². The first-order valence-electron chi connectivity index (χ1n) is 8.77. The normalized spacial score (nSPS) is 11.8. The van der Waals surface area contributed by atoms with Crippen LogP contribution in [0.2, 0.25) is 0 Å². The number of carbonyl (C=O) groups excluding carboxylic acids is 2. The Morgan fingerprint density at radius 2 is 1.86 bits per heavy atom. The van der Waals surface area contributed by atoms with Crippen LogP contribution in [0.25, 0.3) is 5.65 Å². The highest BCUT2D eigenvalue weighted by Crippen LogP contribution is 2.15. The van der Waals surface area contributed by atoms with Gasteiger partial charge in [0.1, 0.15) is 18.0 Å². The zero-order valence-corrected chi connectivity index (χ0v) is 15.8. The number of Topliss-reactive ketones (excluding diaryl/α,β-unsaturated/α-hetero) is 1. The zero-order valence-electron chi connectivity index (χ0n) is 15.8. The number of aromatic nitrogens is 2. The summed E-state index contributed by atoms with van der Waals surface area (Å²) in [5, 5.41) is 0. The average molecular weight is 380 g/mol. The van der Waals surface area contributed by atoms with Crippen LogP contribution in [0.3, 0.4) is 0 Å². The number of hydrogen-bond donors (Lipinski definition) is 0. The van der Waals surface area contributed by atoms with Gasteiger partial charge in [0.2, 0.25) is 0 Å². The summed E-state index contributed by atoms with van der Waals surface area (Å²) < 4.78 is 12.2. The van der Waals surface area contributed by atoms with Gasteiger partial charge in [-0.3, -0.25) is 14.0 Å². The van der Waals surface area contributed by atoms with Crippen molar-refractivity contribution in [2.75, 3.05) is 0 Å². The van der Waals surface area contributed by atoms with E-state index in [0.717, 1.165) is 5.56 Å². The predicted octanol–water partition coefficient (Wildman–Crippen LogP) is 2.72. The summed E-state index contributed by atoms with van der Waals surface area (Å²) in [5.41, 5.74) is 2.11. The van der Waals surface area contributed by atoms with E-state index < -0.39 is 12.1 Å². The van der Waals surface area contributed by atoms with E-state index in [0.29, 0.717) is 22.7 Å². The standard InChI is InChI=1S/C21H20N2O5/c1-13-4-9-19-22-17(10-20(25)23(19)11-13)12-27-21(26)15(3)28-18-7-5-16(6-8-18)14(2)24/h4-11,15H,12H2,1-3H3/t15-/m0/s1. The Labute approximate surface area is 161 Å². The van der Waals surface area contributed by atoms with Crippen LogP contribution in [0.15, 0.2) is 53.5 Å². The predicted molar refractivity (Wildman–Crippen MR) is 103 cm³/mol. The molecule has 1 atom stereocenters. The number of hydrogen-bond acceptors (Lipinski definition) is 6. The van der Waals surface area contributed by atoms with Gasteiger partial charge in [-0.15, -0.1) is 0 Å². The second kappa shape index (κ2) is 8.04. The Kier molecular flexibility index (Phi) is 5.54. The number of ketones is 1. The molecule has 0 bridgehead atoms. The summed E-state index contributed by atoms with van der Waals surface area (Å²) >= 11 is 0. The molecule has 0 spiro atoms. The molecule has 0 aliphatic rings. The Morgan fingerprint density at radius 3 is 2.54 bits per heavy atom. The molecular formula is C21H20N2O5. The first-order valence-corrected chi connectivity index (χ1v) is 8.77. The summed E-state index contributed by atoms with van der Waals surface area (Å²) in [5.74, 6) is -0.179. The van der Waals surface area contributed by atoms with E-state index in [-0.39, 0.29) is 17.9 Å². The molecule has 0 unspecified atom stereocenters. The first-order chi connectivity index (χ1) is 13.3. The minimum atomic E-state index is -0.854. The second-order valence-corrected chi connectivity index (χ2v) is 6.47. The Hall–Kier alpha value is -3.48. The molecule has 3 aromatic rings. The van der Waals surface area contributed by atoms with E-state index in [9.17, 15) is 14.4 Å². The number of rotatable bonds is 6. The third kappa shape index (κ3) is 4.43. The molecule has 0 aliphatic carbocycles. The summed E-state index contributed by atoms with van der Waals surface area (Å²) in [6, 6.07) is 11.4. The maximum absolute atomic E-state index is 12.2. The highest BCUT2D eigenvalue weighted by Gasteiger charge is 2.17. The van der Waals surface area contributed by atoms with E-state index in [2.05, 4.69) is 4.98 Å². The Morgan fingerprint density at radius 1 is 1.14 bits per heavy atom. The van der Waals surface area contributed by atoms with Crippen molar-refractivity contribution in [2.24, 2.45) is 0 Å². The van der Waals surface area contributed by atoms with Crippen LogP contribution in [0.5, 0.6) is 5.75 Å². The van der Waals surface area contributed by atoms with Crippen LogP contribution in [0.4, 0.5) is 0 Å². The quantitative estimate of drug-likeness (QED) is 0.483. The van der Waals surface area contributed by atoms with Gasteiger partial charge in [-0.05, 0) is 56.7 Å². The third-order valence-corrected chi connectivity index (χ3v) is 4.13. The van der Waals surface area contributed by atoms with Gasteiger partial charge in [-0.1, -0.05) is 6.07 Å². The Bertz CT molecular complexity index is 1090. The highest BCUT2D eigenvalue weighted by atomic mass is 16.6. The number of benzene rings is 1. The van der Waals surface area contributed by atoms with Gasteiger partial charge in [0.15, 0.2) is 11.9 Å². The fourth-order valence-electron chi connectivity index (χ4n) is 2.62. The lowest BCUT2D eigenvalue weighted by Gasteiger charge is -2.14. The number of carbonyl (C=O) groups is 2. The smallest absolute Gasteiger partial charge is 0.347 e. The van der Waals surface area contributed by atoms with E-state index in [4.69, 9.17) is 9.47 Å². The van der Waals surface area contributed by atoms with Crippen molar-refractivity contribution in [3.8, 4) is 5.75 Å². The maximum atomic E-state index is 12.2. The number of esters is 1. The molecule has 0 fully saturated rings. The lowest BCUT2D eigenvalue weighted by molar-refractivity contribution is -0.152. The zero-order chi connectivity index (χ0) is 20.3. The molecule has 2 aromatic heterocycles. The van der Waals surface area contributed by atoms with Gasteiger partial charge >= 0.3 is 5.97 Å². The summed E-state index contributed by atoms with van der Waals surface area (Å²) in [6.45, 7) is 4.79. The minimum Gasteiger partial charge on any atom is -0.479 e. The molecule has 28 heavy (non-hydrogen) atoms. The van der Waals surface area contributed by atoms with Crippen molar-refractivity contribution in [1.29, 1.82) is 0 Å². The number of fused-ring (bicyclic) bond motifs is 1. The fourth-order valence-corrected chi connectivity index (χ4v) is 2.62. The topological polar surface area (TPSA) is 87.0 Å². The molecule has 0 radical (unpaired) electrons. The van der Waals surface area contributed by atoms with Crippen LogP contribution in [-0.2, 0) is 16.1 Å². The molecule has 2 heterocycles. The summed E-state index contributed by atoms with van der Waals surface area (Å²) in [7, 11) is 0. The SMILES string of the molecule is CC(=O)c1ccc(O[C@@H](C)C(=O)OCc2cc(=O)n3cc(C)ccc3n2)cc1. The van der Waals surface area contributed by atoms with E-state index in [1.165, 1.54) is 17.4 Å². The third-order valence-electron chi connectivity index (χ3n) is 4.13. The monoisotopic (exact) mass is 380 g/mol. The van der Waals surface area contributed by atoms with Crippen molar-refractivity contribution < 1.29 is 19.1 Å².